The maximum atomic E-state index is 11.0. The van der Waals surface area contributed by atoms with Crippen molar-refractivity contribution in [3.05, 3.63) is 35.4 Å². The molecule has 0 spiro atoms. The third-order valence-corrected chi connectivity index (χ3v) is 2.98. The van der Waals surface area contributed by atoms with Crippen LogP contribution in [0.4, 0.5) is 0 Å². The number of hydrogen-bond donors (Lipinski definition) is 2. The molecule has 0 saturated carbocycles. The summed E-state index contributed by atoms with van der Waals surface area (Å²) in [7, 11) is -3.78. The van der Waals surface area contributed by atoms with Gasteiger partial charge in [-0.15, -0.1) is 0 Å². The van der Waals surface area contributed by atoms with Gasteiger partial charge in [-0.05, 0) is 19.1 Å². The van der Waals surface area contributed by atoms with E-state index >= 15 is 0 Å². The molecular weight excluding hydrogens is 258 g/mol. The Labute approximate surface area is 104 Å². The van der Waals surface area contributed by atoms with E-state index in [0.717, 1.165) is 11.5 Å². The van der Waals surface area contributed by atoms with Crippen LogP contribution in [0.15, 0.2) is 32.2 Å². The highest BCUT2D eigenvalue weighted by atomic mass is 32.2. The largest absolute Gasteiger partial charge is 0.447 e. The molecule has 0 aromatic carbocycles. The van der Waals surface area contributed by atoms with E-state index in [1.807, 2.05) is 6.07 Å². The van der Waals surface area contributed by atoms with Gasteiger partial charge in [0.25, 0.3) is 10.0 Å². The van der Waals surface area contributed by atoms with Gasteiger partial charge < -0.3 is 14.3 Å². The molecule has 2 aromatic rings. The molecule has 0 aliphatic carbocycles. The van der Waals surface area contributed by atoms with Gasteiger partial charge in [-0.2, -0.15) is 0 Å². The first-order chi connectivity index (χ1) is 8.45. The second kappa shape index (κ2) is 4.92. The number of aryl methyl sites for hydroxylation is 1. The van der Waals surface area contributed by atoms with Crippen molar-refractivity contribution in [2.75, 3.05) is 0 Å². The number of nitrogens with zero attached hydrogens (tertiary/aromatic N) is 1. The van der Waals surface area contributed by atoms with Gasteiger partial charge in [-0.25, -0.2) is 13.6 Å². The van der Waals surface area contributed by atoms with E-state index in [1.165, 1.54) is 6.07 Å². The number of aromatic nitrogens is 1. The lowest BCUT2D eigenvalue weighted by molar-refractivity contribution is 0.382. The molecule has 0 amide bonds. The quantitative estimate of drug-likeness (QED) is 0.819. The molecule has 0 saturated heterocycles. The van der Waals surface area contributed by atoms with Crippen molar-refractivity contribution in [3.63, 3.8) is 0 Å². The van der Waals surface area contributed by atoms with Crippen LogP contribution in [0.3, 0.4) is 0 Å². The van der Waals surface area contributed by atoms with Crippen molar-refractivity contribution in [2.24, 2.45) is 5.14 Å². The third-order valence-electron chi connectivity index (χ3n) is 2.20. The Morgan fingerprint density at radius 2 is 2.17 bits per heavy atom. The molecule has 7 nitrogen and oxygen atoms in total. The van der Waals surface area contributed by atoms with Crippen LogP contribution < -0.4 is 10.5 Å². The van der Waals surface area contributed by atoms with Gasteiger partial charge in [0.1, 0.15) is 11.5 Å². The molecule has 2 rings (SSSR count). The molecule has 2 aromatic heterocycles. The van der Waals surface area contributed by atoms with Gasteiger partial charge in [-0.1, -0.05) is 5.16 Å². The average molecular weight is 271 g/mol. The highest BCUT2D eigenvalue weighted by Crippen LogP contribution is 2.12. The van der Waals surface area contributed by atoms with Crippen molar-refractivity contribution in [3.8, 4) is 0 Å². The summed E-state index contributed by atoms with van der Waals surface area (Å²) in [6, 6.07) is 4.69. The summed E-state index contributed by atoms with van der Waals surface area (Å²) in [6.07, 6.45) is 0. The standard InChI is InChI=1S/C10H13N3O4S/c1-7-4-8(13-17-7)5-12-6-9-2-3-10(16-9)18(11,14)15/h2-4,12H,5-6H2,1H3,(H2,11,14,15). The summed E-state index contributed by atoms with van der Waals surface area (Å²) in [5, 5.41) is 11.5. The van der Waals surface area contributed by atoms with Crippen LogP contribution in [0.1, 0.15) is 17.2 Å². The van der Waals surface area contributed by atoms with Crippen molar-refractivity contribution >= 4 is 10.0 Å². The zero-order chi connectivity index (χ0) is 13.2. The Morgan fingerprint density at radius 3 is 2.72 bits per heavy atom. The summed E-state index contributed by atoms with van der Waals surface area (Å²) < 4.78 is 31.9. The van der Waals surface area contributed by atoms with Crippen LogP contribution in [0.25, 0.3) is 0 Å². The van der Waals surface area contributed by atoms with Crippen molar-refractivity contribution in [1.29, 1.82) is 0 Å². The first-order valence-corrected chi connectivity index (χ1v) is 6.74. The number of nitrogens with two attached hydrogens (primary N) is 1. The highest BCUT2D eigenvalue weighted by Gasteiger charge is 2.12. The predicted octanol–water partition coefficient (Wildman–Crippen LogP) is 0.513. The monoisotopic (exact) mass is 271 g/mol. The summed E-state index contributed by atoms with van der Waals surface area (Å²) in [5.41, 5.74) is 0.769. The first-order valence-electron chi connectivity index (χ1n) is 5.19. The molecule has 0 atom stereocenters. The Hall–Kier alpha value is -1.64. The summed E-state index contributed by atoms with van der Waals surface area (Å²) in [4.78, 5) is 0. The number of rotatable bonds is 5. The molecule has 0 unspecified atom stereocenters. The zero-order valence-electron chi connectivity index (χ0n) is 9.71. The number of furan rings is 1. The number of nitrogens with one attached hydrogen (secondary N) is 1. The number of hydrogen-bond acceptors (Lipinski definition) is 6. The van der Waals surface area contributed by atoms with E-state index < -0.39 is 10.0 Å². The molecule has 0 bridgehead atoms. The fourth-order valence-corrected chi connectivity index (χ4v) is 1.90. The molecule has 8 heteroatoms. The fourth-order valence-electron chi connectivity index (χ4n) is 1.42. The Morgan fingerprint density at radius 1 is 1.39 bits per heavy atom. The minimum atomic E-state index is -3.78. The van der Waals surface area contributed by atoms with Crippen molar-refractivity contribution < 1.29 is 17.4 Å². The van der Waals surface area contributed by atoms with E-state index in [1.54, 1.807) is 13.0 Å². The third kappa shape index (κ3) is 3.19. The van der Waals surface area contributed by atoms with E-state index in [2.05, 4.69) is 10.5 Å². The zero-order valence-corrected chi connectivity index (χ0v) is 10.5. The molecule has 2 heterocycles. The maximum Gasteiger partial charge on any atom is 0.271 e. The van der Waals surface area contributed by atoms with Crippen molar-refractivity contribution in [1.82, 2.24) is 10.5 Å². The topological polar surface area (TPSA) is 111 Å². The molecule has 98 valence electrons. The number of primary sulfonamides is 1. The van der Waals surface area contributed by atoms with E-state index in [0.29, 0.717) is 18.8 Å². The molecule has 3 N–H and O–H groups in total. The predicted molar refractivity (Wildman–Crippen MR) is 61.9 cm³/mol. The van der Waals surface area contributed by atoms with Crippen LogP contribution in [-0.4, -0.2) is 13.6 Å². The Bertz CT molecular complexity index is 629. The smallest absolute Gasteiger partial charge is 0.271 e. The van der Waals surface area contributed by atoms with E-state index in [4.69, 9.17) is 14.1 Å². The van der Waals surface area contributed by atoms with Gasteiger partial charge in [-0.3, -0.25) is 0 Å². The lowest BCUT2D eigenvalue weighted by Gasteiger charge is -1.98. The molecule has 0 fully saturated rings. The highest BCUT2D eigenvalue weighted by molar-refractivity contribution is 7.89. The second-order valence-corrected chi connectivity index (χ2v) is 5.29. The summed E-state index contributed by atoms with van der Waals surface area (Å²) in [5.74, 6) is 1.22. The molecular formula is C10H13N3O4S. The summed E-state index contributed by atoms with van der Waals surface area (Å²) in [6.45, 7) is 2.69. The van der Waals surface area contributed by atoms with E-state index in [9.17, 15) is 8.42 Å². The molecule has 0 radical (unpaired) electrons. The van der Waals surface area contributed by atoms with Crippen LogP contribution in [0, 0.1) is 6.92 Å². The lowest BCUT2D eigenvalue weighted by atomic mass is 10.3. The SMILES string of the molecule is Cc1cc(CNCc2ccc(S(N)(=O)=O)o2)no1. The Kier molecular flexibility index (Phi) is 3.50. The van der Waals surface area contributed by atoms with Crippen LogP contribution in [-0.2, 0) is 23.1 Å². The lowest BCUT2D eigenvalue weighted by Crippen LogP contribution is -2.13. The number of sulfonamides is 1. The van der Waals surface area contributed by atoms with E-state index in [-0.39, 0.29) is 5.09 Å². The Balaban J connectivity index is 1.89. The van der Waals surface area contributed by atoms with Crippen LogP contribution in [0.2, 0.25) is 0 Å². The fraction of sp³-hybridized carbons (Fsp3) is 0.300. The molecule has 18 heavy (non-hydrogen) atoms. The maximum absolute atomic E-state index is 11.0. The molecule has 0 aliphatic heterocycles. The van der Waals surface area contributed by atoms with Crippen LogP contribution in [0.5, 0.6) is 0 Å². The summed E-state index contributed by atoms with van der Waals surface area (Å²) >= 11 is 0. The van der Waals surface area contributed by atoms with Gasteiger partial charge in [0.2, 0.25) is 5.09 Å². The normalized spacial score (nSPS) is 11.9. The molecule has 0 aliphatic rings. The minimum absolute atomic E-state index is 0.239. The van der Waals surface area contributed by atoms with Gasteiger partial charge in [0.15, 0.2) is 0 Å². The first kappa shape index (κ1) is 12.8. The average Bonchev–Trinajstić information content (AvgIpc) is 2.87. The van der Waals surface area contributed by atoms with Crippen LogP contribution >= 0.6 is 0 Å². The second-order valence-electron chi connectivity index (χ2n) is 3.80. The minimum Gasteiger partial charge on any atom is -0.447 e. The van der Waals surface area contributed by atoms with Gasteiger partial charge in [0, 0.05) is 12.6 Å². The van der Waals surface area contributed by atoms with Gasteiger partial charge in [0.05, 0.1) is 12.2 Å². The van der Waals surface area contributed by atoms with Crippen molar-refractivity contribution in [2.45, 2.75) is 25.1 Å². The van der Waals surface area contributed by atoms with Gasteiger partial charge >= 0.3 is 0 Å².